The van der Waals surface area contributed by atoms with E-state index in [9.17, 15) is 5.11 Å². The van der Waals surface area contributed by atoms with E-state index in [1.165, 1.54) is 0 Å². The normalized spacial score (nSPS) is 25.0. The Balaban J connectivity index is 1.71. The highest BCUT2D eigenvalue weighted by atomic mass is 16.5. The Labute approximate surface area is 135 Å². The van der Waals surface area contributed by atoms with E-state index in [1.54, 1.807) is 0 Å². The number of anilines is 1. The first-order valence-corrected chi connectivity index (χ1v) is 8.38. The predicted molar refractivity (Wildman–Crippen MR) is 88.9 cm³/mol. The van der Waals surface area contributed by atoms with Gasteiger partial charge in [-0.2, -0.15) is 4.98 Å². The van der Waals surface area contributed by atoms with Crippen molar-refractivity contribution in [1.29, 1.82) is 0 Å². The van der Waals surface area contributed by atoms with Gasteiger partial charge >= 0.3 is 0 Å². The predicted octanol–water partition coefficient (Wildman–Crippen LogP) is 1.33. The molecule has 1 aromatic carbocycles. The van der Waals surface area contributed by atoms with Crippen LogP contribution in [0.5, 0.6) is 5.88 Å². The number of piperazine rings is 1. The molecular weight excluding hydrogens is 292 g/mol. The molecule has 1 aliphatic carbocycles. The highest BCUT2D eigenvalue weighted by Gasteiger charge is 2.28. The number of benzene rings is 1. The summed E-state index contributed by atoms with van der Waals surface area (Å²) in [6, 6.07) is 7.91. The summed E-state index contributed by atoms with van der Waals surface area (Å²) in [7, 11) is 0. The van der Waals surface area contributed by atoms with Gasteiger partial charge in [0.1, 0.15) is 6.10 Å². The Hall–Kier alpha value is -1.92. The first-order valence-electron chi connectivity index (χ1n) is 8.38. The fourth-order valence-corrected chi connectivity index (χ4v) is 3.32. The third-order valence-corrected chi connectivity index (χ3v) is 4.64. The van der Waals surface area contributed by atoms with Gasteiger partial charge in [-0.3, -0.25) is 0 Å². The van der Waals surface area contributed by atoms with Crippen LogP contribution in [-0.4, -0.2) is 53.5 Å². The number of rotatable bonds is 3. The topological polar surface area (TPSA) is 70.5 Å². The van der Waals surface area contributed by atoms with Gasteiger partial charge in [0, 0.05) is 26.2 Å². The van der Waals surface area contributed by atoms with Crippen LogP contribution in [0.3, 0.4) is 0 Å². The number of aliphatic hydroxyl groups is 1. The molecule has 0 amide bonds. The van der Waals surface area contributed by atoms with Crippen LogP contribution in [-0.2, 0) is 0 Å². The molecule has 1 saturated heterocycles. The Morgan fingerprint density at radius 1 is 1.13 bits per heavy atom. The van der Waals surface area contributed by atoms with E-state index >= 15 is 0 Å². The molecule has 1 aliphatic heterocycles. The van der Waals surface area contributed by atoms with E-state index in [1.807, 2.05) is 24.3 Å². The lowest BCUT2D eigenvalue weighted by Crippen LogP contribution is -2.44. The fraction of sp³-hybridized carbons (Fsp3) is 0.529. The van der Waals surface area contributed by atoms with Crippen molar-refractivity contribution in [2.75, 3.05) is 31.1 Å². The third-order valence-electron chi connectivity index (χ3n) is 4.64. The number of para-hydroxylation sites is 1. The van der Waals surface area contributed by atoms with Crippen LogP contribution >= 0.6 is 0 Å². The average molecular weight is 314 g/mol. The number of fused-ring (bicyclic) bond motifs is 1. The Bertz CT molecular complexity index is 687. The van der Waals surface area contributed by atoms with Gasteiger partial charge in [-0.05, 0) is 31.4 Å². The summed E-state index contributed by atoms with van der Waals surface area (Å²) in [5.74, 6) is 1.31. The first kappa shape index (κ1) is 14.7. The van der Waals surface area contributed by atoms with E-state index in [0.29, 0.717) is 11.8 Å². The van der Waals surface area contributed by atoms with Crippen molar-refractivity contribution in [1.82, 2.24) is 15.3 Å². The summed E-state index contributed by atoms with van der Waals surface area (Å²) < 4.78 is 6.09. The molecule has 0 bridgehead atoms. The minimum atomic E-state index is -0.397. The molecule has 122 valence electrons. The van der Waals surface area contributed by atoms with Crippen molar-refractivity contribution < 1.29 is 9.84 Å². The van der Waals surface area contributed by atoms with Gasteiger partial charge in [0.05, 0.1) is 17.0 Å². The number of ether oxygens (including phenoxy) is 1. The largest absolute Gasteiger partial charge is 0.471 e. The van der Waals surface area contributed by atoms with Crippen LogP contribution in [0.4, 0.5) is 5.95 Å². The molecule has 23 heavy (non-hydrogen) atoms. The summed E-state index contributed by atoms with van der Waals surface area (Å²) in [5.41, 5.74) is 0.888. The van der Waals surface area contributed by atoms with E-state index in [-0.39, 0.29) is 6.10 Å². The monoisotopic (exact) mass is 314 g/mol. The lowest BCUT2D eigenvalue weighted by molar-refractivity contribution is 0.0585. The summed E-state index contributed by atoms with van der Waals surface area (Å²) in [4.78, 5) is 11.6. The van der Waals surface area contributed by atoms with Crippen molar-refractivity contribution in [3.05, 3.63) is 24.3 Å². The van der Waals surface area contributed by atoms with Crippen molar-refractivity contribution in [3.63, 3.8) is 0 Å². The Morgan fingerprint density at radius 2 is 1.96 bits per heavy atom. The molecule has 2 aliphatic rings. The zero-order chi connectivity index (χ0) is 15.6. The van der Waals surface area contributed by atoms with Gasteiger partial charge in [0.2, 0.25) is 11.8 Å². The zero-order valence-corrected chi connectivity index (χ0v) is 13.1. The van der Waals surface area contributed by atoms with Gasteiger partial charge in [-0.25, -0.2) is 4.98 Å². The number of hydrogen-bond donors (Lipinski definition) is 2. The van der Waals surface area contributed by atoms with Gasteiger partial charge in [-0.1, -0.05) is 12.1 Å². The maximum atomic E-state index is 10.1. The number of hydrogen-bond acceptors (Lipinski definition) is 6. The van der Waals surface area contributed by atoms with E-state index in [4.69, 9.17) is 9.72 Å². The van der Waals surface area contributed by atoms with Crippen LogP contribution in [0, 0.1) is 0 Å². The molecule has 6 heteroatoms. The third kappa shape index (κ3) is 2.96. The van der Waals surface area contributed by atoms with Crippen molar-refractivity contribution in [2.45, 2.75) is 31.5 Å². The van der Waals surface area contributed by atoms with Gasteiger partial charge in [-0.15, -0.1) is 0 Å². The first-order chi connectivity index (χ1) is 11.3. The number of aliphatic hydroxyl groups excluding tert-OH is 1. The van der Waals surface area contributed by atoms with E-state index in [2.05, 4.69) is 15.2 Å². The molecule has 2 heterocycles. The quantitative estimate of drug-likeness (QED) is 0.891. The number of aromatic nitrogens is 2. The smallest absolute Gasteiger partial charge is 0.229 e. The SMILES string of the molecule is O[C@@H]1CCC[C@H]1Oc1nc(N2CCNCC2)nc2ccccc12. The molecule has 1 saturated carbocycles. The van der Waals surface area contributed by atoms with Crippen molar-refractivity contribution >= 4 is 16.9 Å². The van der Waals surface area contributed by atoms with E-state index < -0.39 is 6.10 Å². The zero-order valence-electron chi connectivity index (χ0n) is 13.1. The molecule has 4 rings (SSSR count). The fourth-order valence-electron chi connectivity index (χ4n) is 3.32. The second-order valence-corrected chi connectivity index (χ2v) is 6.24. The minimum absolute atomic E-state index is 0.163. The maximum absolute atomic E-state index is 10.1. The van der Waals surface area contributed by atoms with Gasteiger partial charge < -0.3 is 20.1 Å². The molecule has 1 aromatic heterocycles. The lowest BCUT2D eigenvalue weighted by Gasteiger charge is -2.28. The molecule has 6 nitrogen and oxygen atoms in total. The van der Waals surface area contributed by atoms with Crippen molar-refractivity contribution in [2.24, 2.45) is 0 Å². The summed E-state index contributed by atoms with van der Waals surface area (Å²) in [6.07, 6.45) is 2.12. The average Bonchev–Trinajstić information content (AvgIpc) is 3.00. The number of nitrogens with zero attached hydrogens (tertiary/aromatic N) is 3. The molecule has 2 N–H and O–H groups in total. The highest BCUT2D eigenvalue weighted by Crippen LogP contribution is 2.30. The molecule has 0 radical (unpaired) electrons. The van der Waals surface area contributed by atoms with Gasteiger partial charge in [0.15, 0.2) is 0 Å². The minimum Gasteiger partial charge on any atom is -0.471 e. The van der Waals surface area contributed by atoms with Crippen LogP contribution in [0.2, 0.25) is 0 Å². The summed E-state index contributed by atoms with van der Waals surface area (Å²) >= 11 is 0. The number of nitrogens with one attached hydrogen (secondary N) is 1. The summed E-state index contributed by atoms with van der Waals surface area (Å²) in [6.45, 7) is 3.66. The van der Waals surface area contributed by atoms with Crippen LogP contribution in [0.15, 0.2) is 24.3 Å². The Morgan fingerprint density at radius 3 is 2.74 bits per heavy atom. The Kier molecular flexibility index (Phi) is 4.01. The lowest BCUT2D eigenvalue weighted by atomic mass is 10.2. The second kappa shape index (κ2) is 6.29. The van der Waals surface area contributed by atoms with Crippen LogP contribution in [0.1, 0.15) is 19.3 Å². The van der Waals surface area contributed by atoms with Crippen molar-refractivity contribution in [3.8, 4) is 5.88 Å². The van der Waals surface area contributed by atoms with Crippen LogP contribution < -0.4 is 15.0 Å². The summed E-state index contributed by atoms with van der Waals surface area (Å²) in [5, 5.41) is 14.3. The standard InChI is InChI=1S/C17H22N4O2/c22-14-6-3-7-15(14)23-16-12-4-1-2-5-13(12)19-17(20-16)21-10-8-18-9-11-21/h1-2,4-5,14-15,18,22H,3,6-11H2/t14-,15-/m1/s1. The molecule has 2 atom stereocenters. The molecule has 2 fully saturated rings. The molecular formula is C17H22N4O2. The highest BCUT2D eigenvalue weighted by molar-refractivity contribution is 5.84. The van der Waals surface area contributed by atoms with E-state index in [0.717, 1.165) is 56.3 Å². The molecule has 0 unspecified atom stereocenters. The second-order valence-electron chi connectivity index (χ2n) is 6.24. The maximum Gasteiger partial charge on any atom is 0.229 e. The van der Waals surface area contributed by atoms with Gasteiger partial charge in [0.25, 0.3) is 0 Å². The molecule has 2 aromatic rings. The molecule has 0 spiro atoms. The van der Waals surface area contributed by atoms with Crippen LogP contribution in [0.25, 0.3) is 10.9 Å².